The number of benzene rings is 8. The maximum absolute atomic E-state index is 2.51. The SMILES string of the molecule is c1ccc2c(c1)Sc1c(ccc3c4ccccc4n(-c4ccc(-c5cccc6ccccc56)cc4)c13)C21c2ccccc2-c2ccccc21. The Labute approximate surface area is 289 Å². The minimum absolute atomic E-state index is 0.405. The molecule has 0 saturated carbocycles. The first-order chi connectivity index (χ1) is 24.3. The fourth-order valence-electron chi connectivity index (χ4n) is 8.90. The Balaban J connectivity index is 1.22. The van der Waals surface area contributed by atoms with Gasteiger partial charge in [0.1, 0.15) is 0 Å². The van der Waals surface area contributed by atoms with Crippen LogP contribution in [-0.4, -0.2) is 4.57 Å². The summed E-state index contributed by atoms with van der Waals surface area (Å²) in [4.78, 5) is 2.65. The van der Waals surface area contributed by atoms with Crippen LogP contribution in [0.1, 0.15) is 22.3 Å². The molecule has 0 bridgehead atoms. The number of para-hydroxylation sites is 1. The largest absolute Gasteiger partial charge is 0.308 e. The maximum atomic E-state index is 2.51. The van der Waals surface area contributed by atoms with Crippen molar-refractivity contribution in [2.75, 3.05) is 0 Å². The van der Waals surface area contributed by atoms with E-state index in [1.165, 1.54) is 92.6 Å². The average Bonchev–Trinajstić information content (AvgIpc) is 3.66. The molecule has 0 amide bonds. The van der Waals surface area contributed by atoms with Gasteiger partial charge in [-0.15, -0.1) is 0 Å². The quantitative estimate of drug-likeness (QED) is 0.182. The minimum Gasteiger partial charge on any atom is -0.308 e. The Morgan fingerprint density at radius 3 is 1.82 bits per heavy atom. The van der Waals surface area contributed by atoms with Gasteiger partial charge in [0, 0.05) is 26.3 Å². The van der Waals surface area contributed by atoms with Crippen LogP contribution >= 0.6 is 11.8 Å². The standard InChI is InChI=1S/C47H29NS/c1-2-14-33-30(12-1)13-11-18-34(33)31-24-26-32(27-25-31)48-43-22-9-5-17-37(43)38-28-29-42-46(45(38)48)49-44-23-10-8-21-41(44)47(42)39-19-6-3-15-35(39)36-16-4-7-20-40(36)47/h1-29H. The van der Waals surface area contributed by atoms with Crippen molar-refractivity contribution in [3.05, 3.63) is 198 Å². The van der Waals surface area contributed by atoms with Crippen molar-refractivity contribution < 1.29 is 0 Å². The number of hydrogen-bond acceptors (Lipinski definition) is 1. The fraction of sp³-hybridized carbons (Fsp3) is 0.0213. The van der Waals surface area contributed by atoms with Gasteiger partial charge in [-0.05, 0) is 79.5 Å². The highest BCUT2D eigenvalue weighted by atomic mass is 32.2. The van der Waals surface area contributed by atoms with Crippen molar-refractivity contribution in [2.24, 2.45) is 0 Å². The normalized spacial score (nSPS) is 13.8. The van der Waals surface area contributed by atoms with E-state index in [4.69, 9.17) is 0 Å². The van der Waals surface area contributed by atoms with Crippen LogP contribution in [0.5, 0.6) is 0 Å². The molecule has 1 nitrogen and oxygen atoms in total. The molecule has 11 rings (SSSR count). The topological polar surface area (TPSA) is 4.93 Å². The van der Waals surface area contributed by atoms with E-state index in [0.717, 1.165) is 0 Å². The zero-order valence-electron chi connectivity index (χ0n) is 26.6. The predicted octanol–water partition coefficient (Wildman–Crippen LogP) is 12.4. The summed E-state index contributed by atoms with van der Waals surface area (Å²) in [5.41, 5.74) is 13.9. The van der Waals surface area contributed by atoms with E-state index >= 15 is 0 Å². The molecule has 0 radical (unpaired) electrons. The monoisotopic (exact) mass is 639 g/mol. The molecule has 9 aromatic rings. The lowest BCUT2D eigenvalue weighted by atomic mass is 9.67. The Hall–Kier alpha value is -5.83. The lowest BCUT2D eigenvalue weighted by molar-refractivity contribution is 0.724. The van der Waals surface area contributed by atoms with Crippen LogP contribution < -0.4 is 0 Å². The molecule has 0 N–H and O–H groups in total. The molecule has 1 aliphatic heterocycles. The van der Waals surface area contributed by atoms with Crippen LogP contribution in [0.3, 0.4) is 0 Å². The Bertz CT molecular complexity index is 2750. The molecule has 1 aliphatic carbocycles. The molecule has 2 aliphatic rings. The minimum atomic E-state index is -0.405. The molecule has 8 aromatic carbocycles. The number of rotatable bonds is 2. The number of nitrogens with zero attached hydrogens (tertiary/aromatic N) is 1. The molecule has 2 heteroatoms. The number of hydrogen-bond donors (Lipinski definition) is 0. The van der Waals surface area contributed by atoms with Crippen molar-refractivity contribution in [1.82, 2.24) is 4.57 Å². The van der Waals surface area contributed by atoms with Gasteiger partial charge in [-0.2, -0.15) is 0 Å². The molecule has 1 spiro atoms. The summed E-state index contributed by atoms with van der Waals surface area (Å²) in [7, 11) is 0. The molecule has 228 valence electrons. The van der Waals surface area contributed by atoms with Crippen LogP contribution in [0.15, 0.2) is 186 Å². The van der Waals surface area contributed by atoms with Gasteiger partial charge in [0.2, 0.25) is 0 Å². The van der Waals surface area contributed by atoms with E-state index in [-0.39, 0.29) is 0 Å². The molecule has 0 saturated heterocycles. The Kier molecular flexibility index (Phi) is 5.59. The average molecular weight is 640 g/mol. The highest BCUT2D eigenvalue weighted by molar-refractivity contribution is 7.99. The van der Waals surface area contributed by atoms with Gasteiger partial charge in [-0.25, -0.2) is 0 Å². The Morgan fingerprint density at radius 1 is 0.408 bits per heavy atom. The molecule has 0 unspecified atom stereocenters. The third-order valence-corrected chi connectivity index (χ3v) is 12.1. The van der Waals surface area contributed by atoms with E-state index in [9.17, 15) is 0 Å². The highest BCUT2D eigenvalue weighted by Crippen LogP contribution is 2.63. The van der Waals surface area contributed by atoms with E-state index in [0.29, 0.717) is 0 Å². The fourth-order valence-corrected chi connectivity index (χ4v) is 10.2. The third-order valence-electron chi connectivity index (χ3n) is 10.9. The summed E-state index contributed by atoms with van der Waals surface area (Å²) in [6.45, 7) is 0. The van der Waals surface area contributed by atoms with Gasteiger partial charge in [-0.3, -0.25) is 0 Å². The van der Waals surface area contributed by atoms with Gasteiger partial charge in [-0.1, -0.05) is 163 Å². The van der Waals surface area contributed by atoms with Gasteiger partial charge in [0.05, 0.1) is 16.4 Å². The molecular formula is C47H29NS. The number of fused-ring (bicyclic) bond motifs is 14. The zero-order valence-corrected chi connectivity index (χ0v) is 27.4. The molecular weight excluding hydrogens is 611 g/mol. The summed E-state index contributed by atoms with van der Waals surface area (Å²) >= 11 is 1.93. The summed E-state index contributed by atoms with van der Waals surface area (Å²) < 4.78 is 2.51. The third kappa shape index (κ3) is 3.56. The number of aromatic nitrogens is 1. The summed E-state index contributed by atoms with van der Waals surface area (Å²) in [6.07, 6.45) is 0. The second kappa shape index (κ2) is 10.1. The lowest BCUT2D eigenvalue weighted by Gasteiger charge is -2.40. The second-order valence-electron chi connectivity index (χ2n) is 13.2. The van der Waals surface area contributed by atoms with Crippen LogP contribution in [0, 0.1) is 0 Å². The maximum Gasteiger partial charge on any atom is 0.0736 e. The first kappa shape index (κ1) is 27.2. The van der Waals surface area contributed by atoms with Crippen molar-refractivity contribution in [3.63, 3.8) is 0 Å². The first-order valence-electron chi connectivity index (χ1n) is 16.9. The van der Waals surface area contributed by atoms with Crippen LogP contribution in [0.25, 0.3) is 60.5 Å². The molecule has 49 heavy (non-hydrogen) atoms. The van der Waals surface area contributed by atoms with Crippen LogP contribution in [0.2, 0.25) is 0 Å². The molecule has 0 atom stereocenters. The zero-order chi connectivity index (χ0) is 32.1. The van der Waals surface area contributed by atoms with Gasteiger partial charge >= 0.3 is 0 Å². The van der Waals surface area contributed by atoms with E-state index in [1.54, 1.807) is 0 Å². The Morgan fingerprint density at radius 2 is 1.02 bits per heavy atom. The van der Waals surface area contributed by atoms with Gasteiger partial charge in [0.25, 0.3) is 0 Å². The lowest BCUT2D eigenvalue weighted by Crippen LogP contribution is -2.32. The summed E-state index contributed by atoms with van der Waals surface area (Å²) in [5, 5.41) is 5.11. The van der Waals surface area contributed by atoms with Gasteiger partial charge in [0.15, 0.2) is 0 Å². The van der Waals surface area contributed by atoms with Gasteiger partial charge < -0.3 is 4.57 Å². The van der Waals surface area contributed by atoms with E-state index in [2.05, 4.69) is 180 Å². The van der Waals surface area contributed by atoms with E-state index < -0.39 is 5.41 Å². The predicted molar refractivity (Wildman–Crippen MR) is 205 cm³/mol. The summed E-state index contributed by atoms with van der Waals surface area (Å²) in [6, 6.07) is 65.4. The molecule has 2 heterocycles. The van der Waals surface area contributed by atoms with E-state index in [1.807, 2.05) is 11.8 Å². The first-order valence-corrected chi connectivity index (χ1v) is 17.8. The van der Waals surface area contributed by atoms with Crippen molar-refractivity contribution >= 4 is 44.3 Å². The molecule has 1 aromatic heterocycles. The van der Waals surface area contributed by atoms with Crippen molar-refractivity contribution in [2.45, 2.75) is 15.2 Å². The van der Waals surface area contributed by atoms with Crippen LogP contribution in [0.4, 0.5) is 0 Å². The molecule has 0 fully saturated rings. The highest BCUT2D eigenvalue weighted by Gasteiger charge is 2.50. The second-order valence-corrected chi connectivity index (χ2v) is 14.3. The van der Waals surface area contributed by atoms with Crippen molar-refractivity contribution in [3.8, 4) is 27.9 Å². The van der Waals surface area contributed by atoms with Crippen LogP contribution in [-0.2, 0) is 5.41 Å². The van der Waals surface area contributed by atoms with Crippen molar-refractivity contribution in [1.29, 1.82) is 0 Å². The summed E-state index contributed by atoms with van der Waals surface area (Å²) in [5.74, 6) is 0. The smallest absolute Gasteiger partial charge is 0.0736 e.